The SMILES string of the molecule is O=C1CCC(NC(=O)C2C3CCCCC32)C(=O)N1. The van der Waals surface area contributed by atoms with Gasteiger partial charge in [-0.15, -0.1) is 0 Å². The van der Waals surface area contributed by atoms with Gasteiger partial charge in [-0.05, 0) is 31.1 Å². The van der Waals surface area contributed by atoms with Gasteiger partial charge >= 0.3 is 0 Å². The number of rotatable bonds is 2. The van der Waals surface area contributed by atoms with Gasteiger partial charge in [-0.2, -0.15) is 0 Å². The zero-order valence-electron chi connectivity index (χ0n) is 10.3. The smallest absolute Gasteiger partial charge is 0.249 e. The third-order valence-corrected chi connectivity index (χ3v) is 4.51. The number of hydrogen-bond donors (Lipinski definition) is 2. The standard InChI is InChI=1S/C13H18N2O3/c16-10-6-5-9(12(17)15-10)14-13(18)11-7-3-1-2-4-8(7)11/h7-9,11H,1-6H2,(H,14,18)(H,15,16,17). The topological polar surface area (TPSA) is 75.3 Å². The second kappa shape index (κ2) is 4.37. The summed E-state index contributed by atoms with van der Waals surface area (Å²) in [7, 11) is 0. The average Bonchev–Trinajstić information content (AvgIpc) is 3.07. The third kappa shape index (κ3) is 2.02. The molecule has 5 nitrogen and oxygen atoms in total. The van der Waals surface area contributed by atoms with Crippen LogP contribution in [0.1, 0.15) is 38.5 Å². The number of imide groups is 1. The molecule has 3 unspecified atom stereocenters. The predicted octanol–water partition coefficient (Wildman–Crippen LogP) is 0.344. The van der Waals surface area contributed by atoms with Crippen LogP contribution in [0.2, 0.25) is 0 Å². The molecule has 3 rings (SSSR count). The lowest BCUT2D eigenvalue weighted by Gasteiger charge is -2.21. The average molecular weight is 250 g/mol. The van der Waals surface area contributed by atoms with Crippen LogP contribution < -0.4 is 10.6 Å². The summed E-state index contributed by atoms with van der Waals surface area (Å²) in [5.74, 6) is 0.632. The lowest BCUT2D eigenvalue weighted by molar-refractivity contribution is -0.137. The molecule has 0 spiro atoms. The maximum absolute atomic E-state index is 12.1. The molecule has 3 aliphatic rings. The van der Waals surface area contributed by atoms with Crippen LogP contribution in [0, 0.1) is 17.8 Å². The van der Waals surface area contributed by atoms with Gasteiger partial charge in [0.15, 0.2) is 0 Å². The summed E-state index contributed by atoms with van der Waals surface area (Å²) >= 11 is 0. The minimum Gasteiger partial charge on any atom is -0.344 e. The van der Waals surface area contributed by atoms with Crippen molar-refractivity contribution in [2.75, 3.05) is 0 Å². The molecule has 0 aromatic carbocycles. The summed E-state index contributed by atoms with van der Waals surface area (Å²) in [6.45, 7) is 0. The summed E-state index contributed by atoms with van der Waals surface area (Å²) in [4.78, 5) is 34.7. The Labute approximate surface area is 106 Å². The fourth-order valence-electron chi connectivity index (χ4n) is 3.48. The zero-order valence-corrected chi connectivity index (χ0v) is 10.3. The van der Waals surface area contributed by atoms with E-state index in [2.05, 4.69) is 10.6 Å². The van der Waals surface area contributed by atoms with Gasteiger partial charge in [0.25, 0.3) is 0 Å². The van der Waals surface area contributed by atoms with Crippen LogP contribution in [0.15, 0.2) is 0 Å². The highest BCUT2D eigenvalue weighted by Gasteiger charge is 2.55. The van der Waals surface area contributed by atoms with Gasteiger partial charge in [-0.25, -0.2) is 0 Å². The van der Waals surface area contributed by atoms with Crippen LogP contribution in [-0.2, 0) is 14.4 Å². The zero-order chi connectivity index (χ0) is 12.7. The molecule has 3 amide bonds. The van der Waals surface area contributed by atoms with Crippen molar-refractivity contribution in [3.8, 4) is 0 Å². The van der Waals surface area contributed by atoms with Gasteiger partial charge in [0.2, 0.25) is 17.7 Å². The Bertz CT molecular complexity index is 395. The van der Waals surface area contributed by atoms with E-state index in [1.807, 2.05) is 0 Å². The largest absolute Gasteiger partial charge is 0.344 e. The van der Waals surface area contributed by atoms with Crippen LogP contribution in [0.4, 0.5) is 0 Å². The molecule has 0 bridgehead atoms. The summed E-state index contributed by atoms with van der Waals surface area (Å²) < 4.78 is 0. The maximum atomic E-state index is 12.1. The van der Waals surface area contributed by atoms with Crippen molar-refractivity contribution in [3.05, 3.63) is 0 Å². The Balaban J connectivity index is 1.55. The molecule has 3 atom stereocenters. The Morgan fingerprint density at radius 2 is 1.78 bits per heavy atom. The number of nitrogens with one attached hydrogen (secondary N) is 2. The van der Waals surface area contributed by atoms with Crippen LogP contribution in [0.5, 0.6) is 0 Å². The molecule has 2 aliphatic carbocycles. The highest BCUT2D eigenvalue weighted by Crippen LogP contribution is 2.55. The van der Waals surface area contributed by atoms with Gasteiger partial charge in [0.1, 0.15) is 6.04 Å². The third-order valence-electron chi connectivity index (χ3n) is 4.51. The normalized spacial score (nSPS) is 38.7. The van der Waals surface area contributed by atoms with E-state index in [9.17, 15) is 14.4 Å². The van der Waals surface area contributed by atoms with Gasteiger partial charge in [-0.1, -0.05) is 12.8 Å². The van der Waals surface area contributed by atoms with Crippen molar-refractivity contribution in [2.45, 2.75) is 44.6 Å². The molecule has 18 heavy (non-hydrogen) atoms. The van der Waals surface area contributed by atoms with E-state index in [0.717, 1.165) is 12.8 Å². The highest BCUT2D eigenvalue weighted by molar-refractivity contribution is 6.02. The number of carbonyl (C=O) groups excluding carboxylic acids is 3. The van der Waals surface area contributed by atoms with Crippen LogP contribution >= 0.6 is 0 Å². The van der Waals surface area contributed by atoms with E-state index >= 15 is 0 Å². The number of amides is 3. The number of fused-ring (bicyclic) bond motifs is 1. The molecular formula is C13H18N2O3. The minimum atomic E-state index is -0.516. The molecule has 0 aromatic heterocycles. The minimum absolute atomic E-state index is 0.0152. The molecule has 5 heteroatoms. The van der Waals surface area contributed by atoms with Crippen molar-refractivity contribution < 1.29 is 14.4 Å². The van der Waals surface area contributed by atoms with E-state index in [1.54, 1.807) is 0 Å². The Kier molecular flexibility index (Phi) is 2.84. The van der Waals surface area contributed by atoms with Gasteiger partial charge < -0.3 is 5.32 Å². The first-order chi connectivity index (χ1) is 8.66. The van der Waals surface area contributed by atoms with Crippen molar-refractivity contribution in [1.29, 1.82) is 0 Å². The van der Waals surface area contributed by atoms with Crippen molar-refractivity contribution >= 4 is 17.7 Å². The molecule has 2 saturated carbocycles. The molecule has 1 heterocycles. The molecule has 2 N–H and O–H groups in total. The molecule has 0 radical (unpaired) electrons. The quantitative estimate of drug-likeness (QED) is 0.694. The van der Waals surface area contributed by atoms with Crippen molar-refractivity contribution in [3.63, 3.8) is 0 Å². The van der Waals surface area contributed by atoms with E-state index in [4.69, 9.17) is 0 Å². The Morgan fingerprint density at radius 3 is 2.39 bits per heavy atom. The second-order valence-electron chi connectivity index (χ2n) is 5.65. The molecule has 0 aromatic rings. The van der Waals surface area contributed by atoms with Gasteiger partial charge in [0.05, 0.1) is 0 Å². The Morgan fingerprint density at radius 1 is 1.11 bits per heavy atom. The first kappa shape index (κ1) is 11.7. The van der Waals surface area contributed by atoms with Gasteiger partial charge in [-0.3, -0.25) is 19.7 Å². The van der Waals surface area contributed by atoms with E-state index in [0.29, 0.717) is 24.7 Å². The Hall–Kier alpha value is -1.39. The molecule has 98 valence electrons. The molecule has 1 saturated heterocycles. The lowest BCUT2D eigenvalue weighted by atomic mass is 10.0. The van der Waals surface area contributed by atoms with Crippen LogP contribution in [0.3, 0.4) is 0 Å². The maximum Gasteiger partial charge on any atom is 0.249 e. The van der Waals surface area contributed by atoms with Crippen molar-refractivity contribution in [2.24, 2.45) is 17.8 Å². The number of hydrogen-bond acceptors (Lipinski definition) is 3. The number of carbonyl (C=O) groups is 3. The lowest BCUT2D eigenvalue weighted by Crippen LogP contribution is -2.52. The summed E-state index contributed by atoms with van der Waals surface area (Å²) in [6, 6.07) is -0.516. The molecule has 1 aliphatic heterocycles. The first-order valence-electron chi connectivity index (χ1n) is 6.81. The fraction of sp³-hybridized carbons (Fsp3) is 0.769. The van der Waals surface area contributed by atoms with E-state index in [-0.39, 0.29) is 23.6 Å². The predicted molar refractivity (Wildman–Crippen MR) is 63.3 cm³/mol. The van der Waals surface area contributed by atoms with Gasteiger partial charge in [0, 0.05) is 12.3 Å². The van der Waals surface area contributed by atoms with E-state index in [1.165, 1.54) is 12.8 Å². The monoisotopic (exact) mass is 250 g/mol. The van der Waals surface area contributed by atoms with E-state index < -0.39 is 6.04 Å². The summed E-state index contributed by atoms with van der Waals surface area (Å²) in [5.41, 5.74) is 0. The second-order valence-corrected chi connectivity index (χ2v) is 5.65. The summed E-state index contributed by atoms with van der Waals surface area (Å²) in [6.07, 6.45) is 5.50. The molecular weight excluding hydrogens is 232 g/mol. The molecule has 3 fully saturated rings. The summed E-state index contributed by atoms with van der Waals surface area (Å²) in [5, 5.41) is 5.07. The highest BCUT2D eigenvalue weighted by atomic mass is 16.2. The first-order valence-corrected chi connectivity index (χ1v) is 6.81. The fourth-order valence-corrected chi connectivity index (χ4v) is 3.48. The van der Waals surface area contributed by atoms with Crippen molar-refractivity contribution in [1.82, 2.24) is 10.6 Å². The number of piperidine rings is 1. The van der Waals surface area contributed by atoms with Crippen LogP contribution in [-0.4, -0.2) is 23.8 Å². The van der Waals surface area contributed by atoms with Crippen LogP contribution in [0.25, 0.3) is 0 Å².